The lowest BCUT2D eigenvalue weighted by Gasteiger charge is -2.24. The van der Waals surface area contributed by atoms with E-state index in [2.05, 4.69) is 17.1 Å². The van der Waals surface area contributed by atoms with Gasteiger partial charge in [-0.1, -0.05) is 12.1 Å². The van der Waals surface area contributed by atoms with Crippen molar-refractivity contribution in [3.63, 3.8) is 0 Å². The van der Waals surface area contributed by atoms with Gasteiger partial charge < -0.3 is 14.4 Å². The van der Waals surface area contributed by atoms with Crippen LogP contribution in [0.4, 0.5) is 0 Å². The van der Waals surface area contributed by atoms with Crippen LogP contribution >= 0.6 is 0 Å². The van der Waals surface area contributed by atoms with Crippen LogP contribution in [0.15, 0.2) is 4.52 Å². The minimum absolute atomic E-state index is 0.156. The lowest BCUT2D eigenvalue weighted by molar-refractivity contribution is -0.0149. The highest BCUT2D eigenvalue weighted by Gasteiger charge is 2.30. The van der Waals surface area contributed by atoms with E-state index in [1.807, 2.05) is 0 Å². The predicted octanol–water partition coefficient (Wildman–Crippen LogP) is 0.887. The first-order valence-electron chi connectivity index (χ1n) is 5.39. The van der Waals surface area contributed by atoms with Crippen molar-refractivity contribution in [1.82, 2.24) is 10.1 Å². The molecule has 0 radical (unpaired) electrons. The van der Waals surface area contributed by atoms with E-state index in [4.69, 9.17) is 9.26 Å². The molecular weight excluding hydrogens is 196 g/mol. The monoisotopic (exact) mass is 212 g/mol. The Morgan fingerprint density at radius 3 is 3.13 bits per heavy atom. The molecule has 0 aromatic carbocycles. The van der Waals surface area contributed by atoms with Gasteiger partial charge in [-0.15, -0.1) is 0 Å². The third kappa shape index (κ3) is 2.35. The maximum Gasteiger partial charge on any atom is 0.234 e. The summed E-state index contributed by atoms with van der Waals surface area (Å²) in [6.07, 6.45) is 2.01. The molecule has 15 heavy (non-hydrogen) atoms. The van der Waals surface area contributed by atoms with E-state index in [1.165, 1.54) is 0 Å². The van der Waals surface area contributed by atoms with Crippen molar-refractivity contribution in [2.45, 2.75) is 38.2 Å². The molecule has 1 N–H and O–H groups in total. The van der Waals surface area contributed by atoms with E-state index in [0.717, 1.165) is 12.8 Å². The van der Waals surface area contributed by atoms with Crippen molar-refractivity contribution in [2.75, 3.05) is 13.2 Å². The highest BCUT2D eigenvalue weighted by atomic mass is 16.5. The number of ether oxygens (including phenoxy) is 1. The molecule has 1 fully saturated rings. The van der Waals surface area contributed by atoms with Crippen molar-refractivity contribution in [1.29, 1.82) is 0 Å². The van der Waals surface area contributed by atoms with Crippen molar-refractivity contribution in [3.05, 3.63) is 11.7 Å². The Labute approximate surface area is 88.4 Å². The van der Waals surface area contributed by atoms with Crippen LogP contribution in [0.2, 0.25) is 0 Å². The number of aliphatic hydroxyl groups excluding tert-OH is 1. The molecule has 84 valence electrons. The van der Waals surface area contributed by atoms with Gasteiger partial charge in [0.15, 0.2) is 5.82 Å². The molecular formula is C10H16N2O3. The third-order valence-electron chi connectivity index (χ3n) is 2.59. The van der Waals surface area contributed by atoms with Crippen LogP contribution in [0.3, 0.4) is 0 Å². The number of hydrogen-bond acceptors (Lipinski definition) is 5. The molecule has 1 aromatic rings. The summed E-state index contributed by atoms with van der Waals surface area (Å²) in [5.41, 5.74) is 0. The summed E-state index contributed by atoms with van der Waals surface area (Å²) in [5.74, 6) is 1.06. The molecule has 0 amide bonds. The van der Waals surface area contributed by atoms with E-state index in [1.54, 1.807) is 0 Å². The maximum atomic E-state index is 9.75. The fourth-order valence-corrected chi connectivity index (χ4v) is 1.71. The van der Waals surface area contributed by atoms with Gasteiger partial charge in [0, 0.05) is 13.0 Å². The molecule has 2 heterocycles. The standard InChI is InChI=1S/C10H16N2O3/c1-2-3-9-11-10(15-12-9)7-6-14-5-4-8(7)13/h7-8,13H,2-6H2,1H3. The maximum absolute atomic E-state index is 9.75. The van der Waals surface area contributed by atoms with E-state index in [9.17, 15) is 5.11 Å². The van der Waals surface area contributed by atoms with E-state index in [-0.39, 0.29) is 5.92 Å². The lowest BCUT2D eigenvalue weighted by atomic mass is 9.99. The van der Waals surface area contributed by atoms with Gasteiger partial charge in [0.1, 0.15) is 0 Å². The molecule has 0 aliphatic carbocycles. The van der Waals surface area contributed by atoms with Crippen LogP contribution in [0.5, 0.6) is 0 Å². The third-order valence-corrected chi connectivity index (χ3v) is 2.59. The van der Waals surface area contributed by atoms with Gasteiger partial charge >= 0.3 is 0 Å². The number of nitrogens with zero attached hydrogens (tertiary/aromatic N) is 2. The minimum Gasteiger partial charge on any atom is -0.392 e. The van der Waals surface area contributed by atoms with E-state index in [0.29, 0.717) is 31.3 Å². The number of aryl methyl sites for hydroxylation is 1. The smallest absolute Gasteiger partial charge is 0.234 e. The average Bonchev–Trinajstić information content (AvgIpc) is 2.68. The molecule has 2 unspecified atom stereocenters. The zero-order chi connectivity index (χ0) is 10.7. The largest absolute Gasteiger partial charge is 0.392 e. The normalized spacial score (nSPS) is 26.8. The molecule has 1 saturated heterocycles. The zero-order valence-corrected chi connectivity index (χ0v) is 8.85. The topological polar surface area (TPSA) is 68.4 Å². The first kappa shape index (κ1) is 10.6. The van der Waals surface area contributed by atoms with Crippen molar-refractivity contribution < 1.29 is 14.4 Å². The fourth-order valence-electron chi connectivity index (χ4n) is 1.71. The molecule has 0 saturated carbocycles. The highest BCUT2D eigenvalue weighted by molar-refractivity contribution is 4.98. The van der Waals surface area contributed by atoms with Crippen LogP contribution in [0.1, 0.15) is 37.4 Å². The number of aromatic nitrogens is 2. The minimum atomic E-state index is -0.423. The van der Waals surface area contributed by atoms with Crippen LogP contribution in [0.25, 0.3) is 0 Å². The molecule has 1 aromatic heterocycles. The van der Waals surface area contributed by atoms with Gasteiger partial charge in [-0.2, -0.15) is 4.98 Å². The Kier molecular flexibility index (Phi) is 3.33. The second-order valence-corrected chi connectivity index (χ2v) is 3.84. The average molecular weight is 212 g/mol. The molecule has 1 aliphatic heterocycles. The predicted molar refractivity (Wildman–Crippen MR) is 52.5 cm³/mol. The van der Waals surface area contributed by atoms with Crippen molar-refractivity contribution >= 4 is 0 Å². The summed E-state index contributed by atoms with van der Waals surface area (Å²) in [4.78, 5) is 4.26. The Morgan fingerprint density at radius 1 is 1.53 bits per heavy atom. The Balaban J connectivity index is 2.06. The van der Waals surface area contributed by atoms with Gasteiger partial charge in [-0.25, -0.2) is 0 Å². The second-order valence-electron chi connectivity index (χ2n) is 3.84. The van der Waals surface area contributed by atoms with E-state index < -0.39 is 6.10 Å². The second kappa shape index (κ2) is 4.72. The number of hydrogen-bond donors (Lipinski definition) is 1. The molecule has 2 rings (SSSR count). The van der Waals surface area contributed by atoms with Crippen LogP contribution in [0, 0.1) is 0 Å². The summed E-state index contributed by atoms with van der Waals surface area (Å²) in [7, 11) is 0. The molecule has 5 nitrogen and oxygen atoms in total. The van der Waals surface area contributed by atoms with Crippen molar-refractivity contribution in [3.8, 4) is 0 Å². The quantitative estimate of drug-likeness (QED) is 0.805. The summed E-state index contributed by atoms with van der Waals surface area (Å²) in [6.45, 7) is 3.14. The molecule has 2 atom stereocenters. The Morgan fingerprint density at radius 2 is 2.40 bits per heavy atom. The van der Waals surface area contributed by atoms with Gasteiger partial charge in [-0.3, -0.25) is 0 Å². The summed E-state index contributed by atoms with van der Waals surface area (Å²) in [6, 6.07) is 0. The van der Waals surface area contributed by atoms with Gasteiger partial charge in [-0.05, 0) is 12.8 Å². The lowest BCUT2D eigenvalue weighted by Crippen LogP contribution is -2.30. The van der Waals surface area contributed by atoms with Crippen LogP contribution in [-0.4, -0.2) is 34.6 Å². The van der Waals surface area contributed by atoms with Gasteiger partial charge in [0.05, 0.1) is 18.6 Å². The van der Waals surface area contributed by atoms with E-state index >= 15 is 0 Å². The summed E-state index contributed by atoms with van der Waals surface area (Å²) < 4.78 is 10.4. The summed E-state index contributed by atoms with van der Waals surface area (Å²) in [5, 5.41) is 13.6. The fraction of sp³-hybridized carbons (Fsp3) is 0.800. The van der Waals surface area contributed by atoms with Gasteiger partial charge in [0.25, 0.3) is 0 Å². The van der Waals surface area contributed by atoms with Crippen LogP contribution in [-0.2, 0) is 11.2 Å². The Hall–Kier alpha value is -0.940. The van der Waals surface area contributed by atoms with Crippen LogP contribution < -0.4 is 0 Å². The molecule has 0 spiro atoms. The van der Waals surface area contributed by atoms with Gasteiger partial charge in [0.2, 0.25) is 5.89 Å². The van der Waals surface area contributed by atoms with Crippen molar-refractivity contribution in [2.24, 2.45) is 0 Å². The number of rotatable bonds is 3. The molecule has 1 aliphatic rings. The first-order valence-corrected chi connectivity index (χ1v) is 5.39. The SMILES string of the molecule is CCCc1noc(C2COCCC2O)n1. The first-order chi connectivity index (χ1) is 7.31. The summed E-state index contributed by atoms with van der Waals surface area (Å²) >= 11 is 0. The molecule has 5 heteroatoms. The zero-order valence-electron chi connectivity index (χ0n) is 8.85. The highest BCUT2D eigenvalue weighted by Crippen LogP contribution is 2.24. The number of aliphatic hydroxyl groups is 1. The Bertz CT molecular complexity index is 313. The molecule has 0 bridgehead atoms.